The molecule has 3 aromatic carbocycles. The van der Waals surface area contributed by atoms with Crippen molar-refractivity contribution in [2.75, 3.05) is 12.0 Å². The zero-order chi connectivity index (χ0) is 24.9. The van der Waals surface area contributed by atoms with E-state index in [4.69, 9.17) is 16.3 Å². The maximum absolute atomic E-state index is 14.0. The highest BCUT2D eigenvalue weighted by Gasteiger charge is 2.37. The minimum atomic E-state index is -0.0483. The number of amides is 1. The third-order valence-corrected chi connectivity index (χ3v) is 7.78. The zero-order valence-electron chi connectivity index (χ0n) is 20.5. The summed E-state index contributed by atoms with van der Waals surface area (Å²) in [5.74, 6) is 0.905. The Morgan fingerprint density at radius 3 is 2.26 bits per heavy atom. The fraction of sp³-hybridized carbons (Fsp3) is 0.345. The van der Waals surface area contributed by atoms with Gasteiger partial charge in [-0.25, -0.2) is 0 Å². The van der Waals surface area contributed by atoms with Crippen molar-refractivity contribution in [2.45, 2.75) is 51.9 Å². The van der Waals surface area contributed by atoms with Crippen LogP contribution in [0, 0.1) is 5.92 Å². The van der Waals surface area contributed by atoms with Gasteiger partial charge in [0.1, 0.15) is 5.75 Å². The predicted molar refractivity (Wildman–Crippen MR) is 147 cm³/mol. The number of benzene rings is 3. The van der Waals surface area contributed by atoms with Crippen LogP contribution < -0.4 is 9.64 Å². The van der Waals surface area contributed by atoms with Gasteiger partial charge < -0.3 is 9.64 Å². The summed E-state index contributed by atoms with van der Waals surface area (Å²) in [6.07, 6.45) is 1.67. The Kier molecular flexibility index (Phi) is 8.53. The van der Waals surface area contributed by atoms with Gasteiger partial charge in [0, 0.05) is 34.0 Å². The molecule has 1 amide bonds. The molecule has 184 valence electrons. The summed E-state index contributed by atoms with van der Waals surface area (Å²) in [6.45, 7) is 5.87. The number of ether oxygens (including phenoxy) is 1. The van der Waals surface area contributed by atoms with Crippen LogP contribution in [0.15, 0.2) is 77.3 Å². The van der Waals surface area contributed by atoms with E-state index >= 15 is 0 Å². The molecule has 0 radical (unpaired) electrons. The molecular weight excluding hydrogens is 524 g/mol. The largest absolute Gasteiger partial charge is 0.497 e. The second-order valence-corrected chi connectivity index (χ2v) is 10.7. The normalized spacial score (nSPS) is 20.4. The van der Waals surface area contributed by atoms with E-state index in [0.29, 0.717) is 23.7 Å². The highest BCUT2D eigenvalue weighted by Crippen LogP contribution is 2.35. The van der Waals surface area contributed by atoms with E-state index in [1.165, 1.54) is 5.56 Å². The first-order valence-electron chi connectivity index (χ1n) is 12.0. The Hall–Kier alpha value is -2.34. The smallest absolute Gasteiger partial charge is 0.230 e. The van der Waals surface area contributed by atoms with Crippen LogP contribution >= 0.6 is 27.5 Å². The molecule has 0 aliphatic carbocycles. The first kappa shape index (κ1) is 25.7. The number of carbonyl (C=O) groups is 1. The van der Waals surface area contributed by atoms with Crippen LogP contribution in [-0.4, -0.2) is 30.0 Å². The SMILES string of the molecule is COc1ccc(CN(C(=O)C2C[C@@H](C)N(Cc3ccccc3)[C@@H](C)C2)c2ccc(Cl)cc2Br)cc1. The lowest BCUT2D eigenvalue weighted by Crippen LogP contribution is -2.50. The van der Waals surface area contributed by atoms with Gasteiger partial charge in [0.2, 0.25) is 5.91 Å². The molecule has 1 fully saturated rings. The summed E-state index contributed by atoms with van der Waals surface area (Å²) in [4.78, 5) is 18.5. The summed E-state index contributed by atoms with van der Waals surface area (Å²) < 4.78 is 6.12. The fourth-order valence-corrected chi connectivity index (χ4v) is 5.95. The highest BCUT2D eigenvalue weighted by atomic mass is 79.9. The van der Waals surface area contributed by atoms with Crippen molar-refractivity contribution in [1.29, 1.82) is 0 Å². The third-order valence-electron chi connectivity index (χ3n) is 6.91. The lowest BCUT2D eigenvalue weighted by atomic mass is 9.85. The second kappa shape index (κ2) is 11.6. The highest BCUT2D eigenvalue weighted by molar-refractivity contribution is 9.10. The van der Waals surface area contributed by atoms with Crippen LogP contribution in [0.2, 0.25) is 5.02 Å². The summed E-state index contributed by atoms with van der Waals surface area (Å²) in [5.41, 5.74) is 3.19. The van der Waals surface area contributed by atoms with Crippen molar-refractivity contribution in [3.05, 3.63) is 93.4 Å². The molecule has 3 aromatic rings. The number of piperidine rings is 1. The van der Waals surface area contributed by atoms with E-state index in [9.17, 15) is 4.79 Å². The van der Waals surface area contributed by atoms with Crippen molar-refractivity contribution >= 4 is 39.1 Å². The Balaban J connectivity index is 1.56. The number of likely N-dealkylation sites (tertiary alicyclic amines) is 1. The lowest BCUT2D eigenvalue weighted by molar-refractivity contribution is -0.125. The van der Waals surface area contributed by atoms with Crippen LogP contribution in [0.1, 0.15) is 37.8 Å². The Morgan fingerprint density at radius 1 is 1.00 bits per heavy atom. The van der Waals surface area contributed by atoms with Crippen LogP contribution in [0.3, 0.4) is 0 Å². The van der Waals surface area contributed by atoms with Gasteiger partial charge in [-0.2, -0.15) is 0 Å². The van der Waals surface area contributed by atoms with Crippen LogP contribution in [0.4, 0.5) is 5.69 Å². The fourth-order valence-electron chi connectivity index (χ4n) is 5.05. The van der Waals surface area contributed by atoms with Crippen LogP contribution in [0.25, 0.3) is 0 Å². The minimum absolute atomic E-state index is 0.0483. The summed E-state index contributed by atoms with van der Waals surface area (Å²) in [7, 11) is 1.65. The molecule has 1 aliphatic heterocycles. The third kappa shape index (κ3) is 6.27. The molecule has 0 bridgehead atoms. The monoisotopic (exact) mass is 554 g/mol. The van der Waals surface area contributed by atoms with Crippen LogP contribution in [-0.2, 0) is 17.9 Å². The first-order chi connectivity index (χ1) is 16.9. The summed E-state index contributed by atoms with van der Waals surface area (Å²) in [5, 5.41) is 0.633. The zero-order valence-corrected chi connectivity index (χ0v) is 22.8. The first-order valence-corrected chi connectivity index (χ1v) is 13.2. The van der Waals surface area contributed by atoms with Gasteiger partial charge in [0.15, 0.2) is 0 Å². The molecule has 0 saturated carbocycles. The van der Waals surface area contributed by atoms with Crippen LogP contribution in [0.5, 0.6) is 5.75 Å². The molecule has 1 unspecified atom stereocenters. The van der Waals surface area contributed by atoms with Gasteiger partial charge in [0.05, 0.1) is 19.3 Å². The number of hydrogen-bond donors (Lipinski definition) is 0. The molecule has 4 nitrogen and oxygen atoms in total. The average Bonchev–Trinajstić information content (AvgIpc) is 2.85. The van der Waals surface area contributed by atoms with Crippen molar-refractivity contribution in [3.63, 3.8) is 0 Å². The molecule has 1 heterocycles. The van der Waals surface area contributed by atoms with E-state index in [2.05, 4.69) is 58.9 Å². The summed E-state index contributed by atoms with van der Waals surface area (Å²) >= 11 is 9.85. The number of methoxy groups -OCH3 is 1. The quantitative estimate of drug-likeness (QED) is 0.306. The second-order valence-electron chi connectivity index (χ2n) is 9.39. The number of nitrogens with zero attached hydrogens (tertiary/aromatic N) is 2. The molecule has 35 heavy (non-hydrogen) atoms. The molecule has 4 rings (SSSR count). The van der Waals surface area contributed by atoms with Gasteiger partial charge in [0.25, 0.3) is 0 Å². The number of anilines is 1. The molecule has 6 heteroatoms. The Labute approximate surface area is 222 Å². The van der Waals surface area contributed by atoms with Gasteiger partial charge in [-0.05, 0) is 84.1 Å². The maximum atomic E-state index is 14.0. The number of rotatable bonds is 7. The molecular formula is C29H32BrClN2O2. The number of hydrogen-bond acceptors (Lipinski definition) is 3. The van der Waals surface area contributed by atoms with Gasteiger partial charge in [-0.15, -0.1) is 0 Å². The van der Waals surface area contributed by atoms with Gasteiger partial charge >= 0.3 is 0 Å². The van der Waals surface area contributed by atoms with Gasteiger partial charge in [-0.3, -0.25) is 9.69 Å². The molecule has 3 atom stereocenters. The van der Waals surface area contributed by atoms with Gasteiger partial charge in [-0.1, -0.05) is 54.1 Å². The van der Waals surface area contributed by atoms with E-state index < -0.39 is 0 Å². The molecule has 1 aliphatic rings. The van der Waals surface area contributed by atoms with E-state index in [1.807, 2.05) is 53.4 Å². The molecule has 0 spiro atoms. The summed E-state index contributed by atoms with van der Waals surface area (Å²) in [6, 6.07) is 24.7. The number of carbonyl (C=O) groups excluding carboxylic acids is 1. The Bertz CT molecular complexity index is 1130. The predicted octanol–water partition coefficient (Wildman–Crippen LogP) is 7.33. The van der Waals surface area contributed by atoms with E-state index in [0.717, 1.165) is 40.9 Å². The maximum Gasteiger partial charge on any atom is 0.230 e. The Morgan fingerprint density at radius 2 is 1.66 bits per heavy atom. The van der Waals surface area contributed by atoms with Crippen molar-refractivity contribution in [1.82, 2.24) is 4.90 Å². The minimum Gasteiger partial charge on any atom is -0.497 e. The average molecular weight is 556 g/mol. The lowest BCUT2D eigenvalue weighted by Gasteiger charge is -2.43. The van der Waals surface area contributed by atoms with Crippen molar-refractivity contribution in [3.8, 4) is 5.75 Å². The molecule has 1 saturated heterocycles. The molecule has 0 aromatic heterocycles. The van der Waals surface area contributed by atoms with Crippen molar-refractivity contribution < 1.29 is 9.53 Å². The van der Waals surface area contributed by atoms with E-state index in [1.54, 1.807) is 7.11 Å². The van der Waals surface area contributed by atoms with Crippen molar-refractivity contribution in [2.24, 2.45) is 5.92 Å². The number of halogens is 2. The standard InChI is InChI=1S/C29H32BrClN2O2/c1-20-15-24(16-21(2)32(20)18-22-7-5-4-6-8-22)29(34)33(28-14-11-25(31)17-27(28)30)19-23-9-12-26(35-3)13-10-23/h4-14,17,20-21,24H,15-16,18-19H2,1-3H3/t20-,21+,24?. The van der Waals surface area contributed by atoms with E-state index in [-0.39, 0.29) is 11.8 Å². The molecule has 0 N–H and O–H groups in total. The topological polar surface area (TPSA) is 32.8 Å².